The molecule has 1 atom stereocenters. The molecule has 1 unspecified atom stereocenters. The van der Waals surface area contributed by atoms with Crippen LogP contribution in [0.3, 0.4) is 0 Å². The minimum atomic E-state index is -4.69. The molecule has 0 bridgehead atoms. The van der Waals surface area contributed by atoms with Gasteiger partial charge in [0.15, 0.2) is 0 Å². The monoisotopic (exact) mass is 391 g/mol. The third kappa shape index (κ3) is 11.2. The Morgan fingerprint density at radius 2 is 1.00 bits per heavy atom. The van der Waals surface area contributed by atoms with Gasteiger partial charge in [0.1, 0.15) is 0 Å². The molecule has 107 valence electrons. The van der Waals surface area contributed by atoms with Gasteiger partial charge >= 0.3 is 86.1 Å². The molecule has 2 rings (SSSR count). The molecule has 4 nitrogen and oxygen atoms in total. The van der Waals surface area contributed by atoms with Crippen molar-refractivity contribution < 1.29 is 46.0 Å². The Morgan fingerprint density at radius 1 is 0.737 bits per heavy atom. The number of hydrogen-bond acceptors (Lipinski definition) is 4. The average Bonchev–Trinajstić information content (AvgIpc) is 2.29. The minimum absolute atomic E-state index is 0. The maximum atomic E-state index is 8.60. The molecule has 19 heavy (non-hydrogen) atoms. The van der Waals surface area contributed by atoms with Gasteiger partial charge in [-0.1, -0.05) is 0 Å². The van der Waals surface area contributed by atoms with Crippen molar-refractivity contribution in [3.8, 4) is 0 Å². The number of hydrogen-bond donors (Lipinski definition) is 1. The zero-order chi connectivity index (χ0) is 13.4. The Morgan fingerprint density at radius 3 is 1.26 bits per heavy atom. The van der Waals surface area contributed by atoms with Crippen molar-refractivity contribution in [3.05, 3.63) is 60.7 Å². The molecule has 0 amide bonds. The van der Waals surface area contributed by atoms with Crippen LogP contribution in [-0.4, -0.2) is 4.66 Å². The van der Waals surface area contributed by atoms with E-state index in [9.17, 15) is 0 Å². The summed E-state index contributed by atoms with van der Waals surface area (Å²) < 4.78 is 35.6. The van der Waals surface area contributed by atoms with E-state index in [0.717, 1.165) is 0 Å². The first-order valence-corrected chi connectivity index (χ1v) is 7.69. The van der Waals surface area contributed by atoms with E-state index in [1.807, 2.05) is 0 Å². The van der Waals surface area contributed by atoms with Gasteiger partial charge < -0.3 is 0 Å². The summed E-state index contributed by atoms with van der Waals surface area (Å²) in [4.78, 5) is 0. The number of rotatable bonds is 2. The predicted octanol–water partition coefficient (Wildman–Crippen LogP) is -2.35. The van der Waals surface area contributed by atoms with Gasteiger partial charge in [0.05, 0.1) is 14.9 Å². The van der Waals surface area contributed by atoms with Crippen molar-refractivity contribution in [1.82, 2.24) is 0 Å². The van der Waals surface area contributed by atoms with Crippen LogP contribution in [0.2, 0.25) is 0 Å². The summed E-state index contributed by atoms with van der Waals surface area (Å²) in [5.41, 5.74) is 0. The van der Waals surface area contributed by atoms with Crippen LogP contribution in [0, 0.1) is 10.2 Å². The molecule has 0 heterocycles. The summed E-state index contributed by atoms with van der Waals surface area (Å²) in [6.07, 6.45) is 0. The van der Waals surface area contributed by atoms with E-state index in [1.165, 1.54) is 8.32 Å². The molecule has 0 radical (unpaired) electrons. The van der Waals surface area contributed by atoms with Crippen molar-refractivity contribution in [2.75, 3.05) is 0 Å². The SMILES string of the molecule is P.[O-][Cl+3]([O-])([O-])O.c1cc[c]([Rh][c]2ccccc2)cc1. The summed E-state index contributed by atoms with van der Waals surface area (Å²) in [6, 6.07) is 21.3. The third-order valence-electron chi connectivity index (χ3n) is 1.63. The van der Waals surface area contributed by atoms with Gasteiger partial charge in [0.2, 0.25) is 0 Å². The number of benzene rings is 2. The molecule has 0 aromatic heterocycles. The predicted molar refractivity (Wildman–Crippen MR) is 65.5 cm³/mol. The van der Waals surface area contributed by atoms with Gasteiger partial charge in [-0.3, -0.25) is 0 Å². The fourth-order valence-corrected chi connectivity index (χ4v) is 2.76. The molecule has 0 aliphatic rings. The molecule has 0 spiro atoms. The Balaban J connectivity index is 0.000000471. The zero-order valence-electron chi connectivity index (χ0n) is 9.86. The van der Waals surface area contributed by atoms with E-state index < -0.39 is 10.2 Å². The second-order valence-corrected chi connectivity index (χ2v) is 6.11. The summed E-state index contributed by atoms with van der Waals surface area (Å²) in [5.74, 6) is 0. The van der Waals surface area contributed by atoms with Crippen LogP contribution in [-0.2, 0) is 17.1 Å². The molecule has 2 aromatic carbocycles. The number of halogens is 1. The fraction of sp³-hybridized carbons (Fsp3) is 0. The van der Waals surface area contributed by atoms with Crippen molar-refractivity contribution in [1.29, 1.82) is 0 Å². The molecule has 0 aliphatic carbocycles. The second-order valence-electron chi connectivity index (χ2n) is 3.02. The van der Waals surface area contributed by atoms with Crippen LogP contribution < -0.4 is 22.3 Å². The topological polar surface area (TPSA) is 89.4 Å². The first kappa shape index (κ1) is 18.6. The van der Waals surface area contributed by atoms with Crippen LogP contribution in [0.5, 0.6) is 0 Å². The van der Waals surface area contributed by atoms with Crippen molar-refractivity contribution >= 4 is 18.2 Å². The van der Waals surface area contributed by atoms with E-state index in [-0.39, 0.29) is 9.90 Å². The molecule has 0 fully saturated rings. The molecular weight excluding hydrogens is 377 g/mol. The Kier molecular flexibility index (Phi) is 9.33. The van der Waals surface area contributed by atoms with Crippen LogP contribution in [0.15, 0.2) is 60.7 Å². The van der Waals surface area contributed by atoms with E-state index in [1.54, 1.807) is 0 Å². The second kappa shape index (κ2) is 9.52. The average molecular weight is 392 g/mol. The Hall–Kier alpha value is -0.377. The van der Waals surface area contributed by atoms with Gasteiger partial charge in [0, 0.05) is 0 Å². The Bertz CT molecular complexity index is 407. The summed E-state index contributed by atoms with van der Waals surface area (Å²) in [7, 11) is -4.69. The van der Waals surface area contributed by atoms with E-state index >= 15 is 0 Å². The van der Waals surface area contributed by atoms with E-state index in [4.69, 9.17) is 18.6 Å². The maximum absolute atomic E-state index is 8.60. The molecule has 1 N–H and O–H groups in total. The van der Waals surface area contributed by atoms with Crippen molar-refractivity contribution in [2.24, 2.45) is 0 Å². The zero-order valence-corrected chi connectivity index (χ0v) is 13.7. The van der Waals surface area contributed by atoms with Crippen LogP contribution in [0.25, 0.3) is 0 Å². The first-order chi connectivity index (χ1) is 8.45. The molecule has 2 aromatic rings. The van der Waals surface area contributed by atoms with E-state index in [2.05, 4.69) is 60.7 Å². The summed E-state index contributed by atoms with van der Waals surface area (Å²) in [5, 5.41) is 0. The van der Waals surface area contributed by atoms with Crippen LogP contribution >= 0.6 is 9.90 Å². The van der Waals surface area contributed by atoms with Gasteiger partial charge in [-0.05, 0) is 0 Å². The van der Waals surface area contributed by atoms with Crippen LogP contribution in [0.4, 0.5) is 0 Å². The van der Waals surface area contributed by atoms with E-state index in [0.29, 0.717) is 17.1 Å². The van der Waals surface area contributed by atoms with Gasteiger partial charge in [-0.25, -0.2) is 0 Å². The first-order valence-electron chi connectivity index (χ1n) is 4.79. The molecular formula is C12H14ClO4PRh. The fourth-order valence-electron chi connectivity index (χ4n) is 1.03. The summed E-state index contributed by atoms with van der Waals surface area (Å²) in [6.45, 7) is 0. The Labute approximate surface area is 125 Å². The molecule has 7 heteroatoms. The van der Waals surface area contributed by atoms with Crippen molar-refractivity contribution in [2.45, 2.75) is 0 Å². The van der Waals surface area contributed by atoms with Gasteiger partial charge in [-0.15, -0.1) is 0 Å². The van der Waals surface area contributed by atoms with Gasteiger partial charge in [-0.2, -0.15) is 23.9 Å². The normalized spacial score (nSPS) is 10.1. The van der Waals surface area contributed by atoms with Crippen LogP contribution in [0.1, 0.15) is 0 Å². The molecule has 0 aliphatic heterocycles. The summed E-state index contributed by atoms with van der Waals surface area (Å²) >= 11 is 0.393. The molecule has 0 saturated heterocycles. The van der Waals surface area contributed by atoms with Crippen molar-refractivity contribution in [3.63, 3.8) is 0 Å². The standard InChI is InChI=1S/2C6H5.ClHO4.H3P.Rh/c2*1-2-4-6-5-3-1;2-1(3,4)5;;/h2*1-5H;(H,2,3,4,5);1H3;. The quantitative estimate of drug-likeness (QED) is 0.459. The molecule has 0 saturated carbocycles. The third-order valence-corrected chi connectivity index (χ3v) is 3.67. The van der Waals surface area contributed by atoms with Gasteiger partial charge in [0.25, 0.3) is 0 Å².